The predicted molar refractivity (Wildman–Crippen MR) is 126 cm³/mol. The summed E-state index contributed by atoms with van der Waals surface area (Å²) >= 11 is 12.9. The van der Waals surface area contributed by atoms with E-state index in [1.807, 2.05) is 18.2 Å². The highest BCUT2D eigenvalue weighted by Crippen LogP contribution is 2.26. The first-order chi connectivity index (χ1) is 15.1. The molecule has 2 aromatic carbocycles. The maximum Gasteiger partial charge on any atom is 0.158 e. The SMILES string of the molecule is Fc1ccc(Nc2ncnc3ccc(CNC(=S)SCCC4OCCO4)cc23)cc1Cl. The largest absolute Gasteiger partial charge is 0.367 e. The number of halogens is 2. The quantitative estimate of drug-likeness (QED) is 0.458. The van der Waals surface area contributed by atoms with Crippen LogP contribution < -0.4 is 10.6 Å². The predicted octanol–water partition coefficient (Wildman–Crippen LogP) is 5.04. The first kappa shape index (κ1) is 22.2. The molecular formula is C21H20ClFN4O2S2. The van der Waals surface area contributed by atoms with Crippen LogP contribution in [0.1, 0.15) is 12.0 Å². The van der Waals surface area contributed by atoms with Crippen molar-refractivity contribution < 1.29 is 13.9 Å². The van der Waals surface area contributed by atoms with Crippen molar-refractivity contribution in [2.45, 2.75) is 19.3 Å². The lowest BCUT2D eigenvalue weighted by Crippen LogP contribution is -2.19. The van der Waals surface area contributed by atoms with Crippen molar-refractivity contribution >= 4 is 62.3 Å². The second-order valence-electron chi connectivity index (χ2n) is 6.78. The molecule has 0 bridgehead atoms. The van der Waals surface area contributed by atoms with E-state index in [9.17, 15) is 4.39 Å². The maximum absolute atomic E-state index is 13.4. The molecule has 162 valence electrons. The van der Waals surface area contributed by atoms with Gasteiger partial charge in [0, 0.05) is 29.8 Å². The second-order valence-corrected chi connectivity index (χ2v) is 8.96. The lowest BCUT2D eigenvalue weighted by atomic mass is 10.1. The standard InChI is InChI=1S/C21H20ClFN4O2S2/c22-16-10-14(2-3-17(16)23)27-20-15-9-13(1-4-18(15)25-12-26-20)11-24-21(30)31-8-5-19-28-6-7-29-19/h1-4,9-10,12,19H,5-8,11H2,(H,24,30)(H,25,26,27). The number of nitrogens with zero attached hydrogens (tertiary/aromatic N) is 2. The summed E-state index contributed by atoms with van der Waals surface area (Å²) in [5.41, 5.74) is 2.47. The molecular weight excluding hydrogens is 459 g/mol. The summed E-state index contributed by atoms with van der Waals surface area (Å²) in [5, 5.41) is 7.34. The molecule has 2 heterocycles. The highest BCUT2D eigenvalue weighted by molar-refractivity contribution is 8.22. The van der Waals surface area contributed by atoms with E-state index in [1.165, 1.54) is 18.5 Å². The molecule has 1 aliphatic rings. The summed E-state index contributed by atoms with van der Waals surface area (Å²) in [5.74, 6) is 0.976. The van der Waals surface area contributed by atoms with E-state index in [0.29, 0.717) is 31.3 Å². The van der Waals surface area contributed by atoms with Crippen LogP contribution in [0.15, 0.2) is 42.7 Å². The van der Waals surface area contributed by atoms with Gasteiger partial charge in [-0.15, -0.1) is 0 Å². The Morgan fingerprint density at radius 1 is 1.19 bits per heavy atom. The van der Waals surface area contributed by atoms with Gasteiger partial charge in [0.2, 0.25) is 0 Å². The molecule has 10 heteroatoms. The summed E-state index contributed by atoms with van der Waals surface area (Å²) in [4.78, 5) is 8.65. The molecule has 1 fully saturated rings. The summed E-state index contributed by atoms with van der Waals surface area (Å²) in [6.45, 7) is 1.90. The Labute approximate surface area is 193 Å². The Bertz CT molecular complexity index is 1080. The van der Waals surface area contributed by atoms with Gasteiger partial charge < -0.3 is 20.1 Å². The third-order valence-corrected chi connectivity index (χ3v) is 6.23. The van der Waals surface area contributed by atoms with E-state index in [2.05, 4.69) is 20.6 Å². The van der Waals surface area contributed by atoms with Crippen LogP contribution in [0, 0.1) is 5.82 Å². The molecule has 3 aromatic rings. The van der Waals surface area contributed by atoms with Gasteiger partial charge >= 0.3 is 0 Å². The fraction of sp³-hybridized carbons (Fsp3) is 0.286. The van der Waals surface area contributed by atoms with Gasteiger partial charge in [0.05, 0.1) is 23.8 Å². The Hall–Kier alpha value is -2.04. The monoisotopic (exact) mass is 478 g/mol. The van der Waals surface area contributed by atoms with Gasteiger partial charge in [-0.1, -0.05) is 41.6 Å². The highest BCUT2D eigenvalue weighted by atomic mass is 35.5. The number of hydrogen-bond acceptors (Lipinski definition) is 7. The molecule has 0 radical (unpaired) electrons. The summed E-state index contributed by atoms with van der Waals surface area (Å²) in [6.07, 6.45) is 2.18. The van der Waals surface area contributed by atoms with Gasteiger partial charge in [-0.05, 0) is 35.9 Å². The van der Waals surface area contributed by atoms with E-state index in [1.54, 1.807) is 17.8 Å². The number of hydrogen-bond donors (Lipinski definition) is 2. The smallest absolute Gasteiger partial charge is 0.158 e. The van der Waals surface area contributed by atoms with Crippen molar-refractivity contribution in [3.63, 3.8) is 0 Å². The Morgan fingerprint density at radius 2 is 2.03 bits per heavy atom. The fourth-order valence-corrected chi connectivity index (χ4v) is 4.24. The molecule has 6 nitrogen and oxygen atoms in total. The molecule has 0 aliphatic carbocycles. The maximum atomic E-state index is 13.4. The number of rotatable bonds is 7. The van der Waals surface area contributed by atoms with E-state index in [4.69, 9.17) is 33.3 Å². The number of thioether (sulfide) groups is 1. The molecule has 4 rings (SSSR count). The van der Waals surface area contributed by atoms with Crippen LogP contribution in [0.5, 0.6) is 0 Å². The van der Waals surface area contributed by atoms with Crippen LogP contribution in [-0.4, -0.2) is 39.5 Å². The summed E-state index contributed by atoms with van der Waals surface area (Å²) < 4.78 is 25.0. The minimum absolute atomic E-state index is 0.0466. The number of aromatic nitrogens is 2. The summed E-state index contributed by atoms with van der Waals surface area (Å²) in [6, 6.07) is 10.4. The van der Waals surface area contributed by atoms with E-state index >= 15 is 0 Å². The number of anilines is 2. The van der Waals surface area contributed by atoms with Crippen molar-refractivity contribution in [3.8, 4) is 0 Å². The number of fused-ring (bicyclic) bond motifs is 1. The lowest BCUT2D eigenvalue weighted by Gasteiger charge is -2.12. The molecule has 1 aromatic heterocycles. The second kappa shape index (κ2) is 10.5. The van der Waals surface area contributed by atoms with Gasteiger partial charge in [0.25, 0.3) is 0 Å². The molecule has 0 unspecified atom stereocenters. The summed E-state index contributed by atoms with van der Waals surface area (Å²) in [7, 11) is 0. The lowest BCUT2D eigenvalue weighted by molar-refractivity contribution is -0.0421. The zero-order valence-electron chi connectivity index (χ0n) is 16.4. The molecule has 0 atom stereocenters. The van der Waals surface area contributed by atoms with Gasteiger partial charge in [-0.25, -0.2) is 14.4 Å². The molecule has 0 saturated carbocycles. The first-order valence-electron chi connectivity index (χ1n) is 9.68. The topological polar surface area (TPSA) is 68.3 Å². The van der Waals surface area contributed by atoms with Crippen molar-refractivity contribution in [3.05, 3.63) is 59.1 Å². The van der Waals surface area contributed by atoms with Crippen molar-refractivity contribution in [2.75, 3.05) is 24.3 Å². The van der Waals surface area contributed by atoms with Crippen LogP contribution in [-0.2, 0) is 16.0 Å². The van der Waals surface area contributed by atoms with E-state index in [0.717, 1.165) is 33.0 Å². The molecule has 1 aliphatic heterocycles. The van der Waals surface area contributed by atoms with Gasteiger partial charge in [0.15, 0.2) is 6.29 Å². The van der Waals surface area contributed by atoms with E-state index in [-0.39, 0.29) is 11.3 Å². The number of thiocarbonyl (C=S) groups is 1. The third-order valence-electron chi connectivity index (χ3n) is 4.60. The van der Waals surface area contributed by atoms with Crippen molar-refractivity contribution in [1.82, 2.24) is 15.3 Å². The minimum Gasteiger partial charge on any atom is -0.367 e. The van der Waals surface area contributed by atoms with Crippen molar-refractivity contribution in [2.24, 2.45) is 0 Å². The number of nitrogens with one attached hydrogen (secondary N) is 2. The zero-order chi connectivity index (χ0) is 21.6. The fourth-order valence-electron chi connectivity index (χ4n) is 3.07. The normalized spacial score (nSPS) is 14.1. The molecule has 2 N–H and O–H groups in total. The third kappa shape index (κ3) is 6.02. The number of ether oxygens (including phenoxy) is 2. The molecule has 31 heavy (non-hydrogen) atoms. The molecule has 0 amide bonds. The van der Waals surface area contributed by atoms with Gasteiger partial charge in [-0.2, -0.15) is 0 Å². The van der Waals surface area contributed by atoms with Crippen molar-refractivity contribution in [1.29, 1.82) is 0 Å². The number of benzene rings is 2. The minimum atomic E-state index is -0.467. The van der Waals surface area contributed by atoms with Crippen LogP contribution in [0.4, 0.5) is 15.9 Å². The Morgan fingerprint density at radius 3 is 2.84 bits per heavy atom. The Kier molecular flexibility index (Phi) is 7.52. The molecule has 0 spiro atoms. The van der Waals surface area contributed by atoms with Gasteiger partial charge in [-0.3, -0.25) is 0 Å². The van der Waals surface area contributed by atoms with Crippen LogP contribution in [0.2, 0.25) is 5.02 Å². The average Bonchev–Trinajstić information content (AvgIpc) is 3.29. The van der Waals surface area contributed by atoms with Gasteiger partial charge in [0.1, 0.15) is 22.3 Å². The van der Waals surface area contributed by atoms with Crippen LogP contribution in [0.3, 0.4) is 0 Å². The average molecular weight is 479 g/mol. The van der Waals surface area contributed by atoms with E-state index < -0.39 is 5.82 Å². The Balaban J connectivity index is 1.39. The van der Waals surface area contributed by atoms with Crippen LogP contribution in [0.25, 0.3) is 10.9 Å². The highest BCUT2D eigenvalue weighted by Gasteiger charge is 2.15. The zero-order valence-corrected chi connectivity index (χ0v) is 18.8. The molecule has 1 saturated heterocycles. The van der Waals surface area contributed by atoms with Crippen LogP contribution >= 0.6 is 35.6 Å². The first-order valence-corrected chi connectivity index (χ1v) is 11.5.